The number of hydrogen-bond donors (Lipinski definition) is 3. The molecule has 0 aliphatic rings. The summed E-state index contributed by atoms with van der Waals surface area (Å²) in [4.78, 5) is 19.8. The monoisotopic (exact) mass is 341 g/mol. The average Bonchev–Trinajstić information content (AvgIpc) is 3.08. The van der Waals surface area contributed by atoms with Crippen LogP contribution in [0.3, 0.4) is 0 Å². The molecule has 0 radical (unpaired) electrons. The molecule has 0 aliphatic carbocycles. The molecule has 8 heteroatoms. The van der Waals surface area contributed by atoms with Crippen molar-refractivity contribution < 1.29 is 9.90 Å². The smallest absolute Gasteiger partial charge is 0.335 e. The van der Waals surface area contributed by atoms with Crippen molar-refractivity contribution in [2.75, 3.05) is 5.32 Å². The molecule has 0 atom stereocenters. The molecule has 24 heavy (non-hydrogen) atoms. The van der Waals surface area contributed by atoms with Crippen LogP contribution in [0.15, 0.2) is 36.4 Å². The highest BCUT2D eigenvalue weighted by atomic mass is 35.5. The molecule has 0 fully saturated rings. The topological polar surface area (TPSA) is 95.3 Å². The van der Waals surface area contributed by atoms with Gasteiger partial charge in [0, 0.05) is 10.7 Å². The summed E-state index contributed by atoms with van der Waals surface area (Å²) in [5, 5.41) is 16.0. The number of benzene rings is 2. The van der Waals surface area contributed by atoms with Crippen molar-refractivity contribution in [2.24, 2.45) is 0 Å². The second-order valence-electron chi connectivity index (χ2n) is 5.37. The van der Waals surface area contributed by atoms with E-state index in [1.807, 2.05) is 25.1 Å². The summed E-state index contributed by atoms with van der Waals surface area (Å²) >= 11 is 6.12. The van der Waals surface area contributed by atoms with Crippen LogP contribution in [0.5, 0.6) is 0 Å². The van der Waals surface area contributed by atoms with Crippen molar-refractivity contribution in [3.8, 4) is 0 Å². The van der Waals surface area contributed by atoms with Gasteiger partial charge in [0.1, 0.15) is 0 Å². The first kappa shape index (κ1) is 14.5. The summed E-state index contributed by atoms with van der Waals surface area (Å²) in [6, 6.07) is 10.3. The van der Waals surface area contributed by atoms with E-state index in [0.29, 0.717) is 22.3 Å². The SMILES string of the molecule is Cc1c(Cl)cccc1Nc1nc2nc3cc(C(=O)O)ccc3n2[nH]1. The summed E-state index contributed by atoms with van der Waals surface area (Å²) in [5.74, 6) is -0.0119. The number of nitrogens with one attached hydrogen (secondary N) is 2. The number of H-pyrrole nitrogens is 1. The highest BCUT2D eigenvalue weighted by Gasteiger charge is 2.13. The van der Waals surface area contributed by atoms with Crippen molar-refractivity contribution in [1.82, 2.24) is 19.6 Å². The van der Waals surface area contributed by atoms with Crippen molar-refractivity contribution >= 4 is 46.0 Å². The van der Waals surface area contributed by atoms with E-state index in [1.54, 1.807) is 10.6 Å². The number of nitrogens with zero attached hydrogens (tertiary/aromatic N) is 3. The lowest BCUT2D eigenvalue weighted by molar-refractivity contribution is 0.0697. The molecule has 0 unspecified atom stereocenters. The van der Waals surface area contributed by atoms with Crippen LogP contribution in [0.4, 0.5) is 11.6 Å². The fraction of sp³-hybridized carbons (Fsp3) is 0.0625. The molecule has 4 aromatic rings. The number of carbonyl (C=O) groups is 1. The molecular weight excluding hydrogens is 330 g/mol. The normalized spacial score (nSPS) is 11.2. The van der Waals surface area contributed by atoms with Gasteiger partial charge in [0.25, 0.3) is 5.78 Å². The second-order valence-corrected chi connectivity index (χ2v) is 5.77. The van der Waals surface area contributed by atoms with Gasteiger partial charge in [0.05, 0.1) is 16.6 Å². The number of aromatic carboxylic acids is 1. The lowest BCUT2D eigenvalue weighted by atomic mass is 10.2. The van der Waals surface area contributed by atoms with Gasteiger partial charge in [-0.05, 0) is 42.8 Å². The van der Waals surface area contributed by atoms with E-state index in [9.17, 15) is 4.79 Å². The fourth-order valence-electron chi connectivity index (χ4n) is 2.54. The minimum absolute atomic E-state index is 0.191. The van der Waals surface area contributed by atoms with Crippen molar-refractivity contribution in [2.45, 2.75) is 6.92 Å². The molecule has 4 rings (SSSR count). The predicted molar refractivity (Wildman–Crippen MR) is 91.3 cm³/mol. The van der Waals surface area contributed by atoms with E-state index in [4.69, 9.17) is 16.7 Å². The summed E-state index contributed by atoms with van der Waals surface area (Å²) < 4.78 is 1.70. The van der Waals surface area contributed by atoms with E-state index in [-0.39, 0.29) is 5.56 Å². The van der Waals surface area contributed by atoms with Crippen LogP contribution in [0.25, 0.3) is 16.8 Å². The summed E-state index contributed by atoms with van der Waals surface area (Å²) in [5.41, 5.74) is 3.27. The average molecular weight is 342 g/mol. The van der Waals surface area contributed by atoms with Gasteiger partial charge in [-0.2, -0.15) is 4.98 Å². The molecule has 0 bridgehead atoms. The molecule has 0 saturated heterocycles. The van der Waals surface area contributed by atoms with Gasteiger partial charge in [0.15, 0.2) is 0 Å². The molecule has 2 aromatic carbocycles. The lowest BCUT2D eigenvalue weighted by Gasteiger charge is -2.07. The van der Waals surface area contributed by atoms with Crippen LogP contribution >= 0.6 is 11.6 Å². The number of aromatic amines is 1. The number of anilines is 2. The van der Waals surface area contributed by atoms with Gasteiger partial charge < -0.3 is 10.4 Å². The molecule has 0 spiro atoms. The Bertz CT molecular complexity index is 1100. The van der Waals surface area contributed by atoms with Crippen molar-refractivity contribution in [3.05, 3.63) is 52.5 Å². The summed E-state index contributed by atoms with van der Waals surface area (Å²) in [7, 11) is 0. The third-order valence-corrected chi connectivity index (χ3v) is 4.24. The van der Waals surface area contributed by atoms with Gasteiger partial charge in [-0.1, -0.05) is 17.7 Å². The van der Waals surface area contributed by atoms with E-state index in [0.717, 1.165) is 16.8 Å². The first-order valence-electron chi connectivity index (χ1n) is 7.16. The van der Waals surface area contributed by atoms with Crippen LogP contribution < -0.4 is 5.32 Å². The van der Waals surface area contributed by atoms with Gasteiger partial charge in [-0.15, -0.1) is 0 Å². The zero-order valence-electron chi connectivity index (χ0n) is 12.5. The molecule has 7 nitrogen and oxygen atoms in total. The van der Waals surface area contributed by atoms with Crippen molar-refractivity contribution in [3.63, 3.8) is 0 Å². The number of halogens is 1. The maximum absolute atomic E-state index is 11.0. The van der Waals surface area contributed by atoms with E-state index in [2.05, 4.69) is 20.4 Å². The fourth-order valence-corrected chi connectivity index (χ4v) is 2.72. The van der Waals surface area contributed by atoms with Gasteiger partial charge in [-0.25, -0.2) is 14.3 Å². The van der Waals surface area contributed by atoms with Gasteiger partial charge >= 0.3 is 5.97 Å². The largest absolute Gasteiger partial charge is 0.478 e. The van der Waals surface area contributed by atoms with Crippen LogP contribution in [0, 0.1) is 6.92 Å². The third kappa shape index (κ3) is 2.26. The van der Waals surface area contributed by atoms with Gasteiger partial charge in [0.2, 0.25) is 5.95 Å². The molecular formula is C16H12ClN5O2. The first-order chi connectivity index (χ1) is 11.5. The molecule has 0 saturated carbocycles. The van der Waals surface area contributed by atoms with Crippen LogP contribution in [0.1, 0.15) is 15.9 Å². The summed E-state index contributed by atoms with van der Waals surface area (Å²) in [6.45, 7) is 1.92. The highest BCUT2D eigenvalue weighted by Crippen LogP contribution is 2.26. The minimum atomic E-state index is -0.986. The zero-order chi connectivity index (χ0) is 16.8. The van der Waals surface area contributed by atoms with Crippen LogP contribution in [-0.2, 0) is 0 Å². The Morgan fingerprint density at radius 1 is 1.29 bits per heavy atom. The molecule has 120 valence electrons. The Morgan fingerprint density at radius 2 is 2.12 bits per heavy atom. The molecule has 0 amide bonds. The Hall–Kier alpha value is -3.06. The second kappa shape index (κ2) is 5.24. The highest BCUT2D eigenvalue weighted by molar-refractivity contribution is 6.31. The number of carboxylic acid groups (broad SMARTS) is 1. The molecule has 2 heterocycles. The maximum atomic E-state index is 11.0. The predicted octanol–water partition coefficient (Wildman–Crippen LogP) is 3.61. The van der Waals surface area contributed by atoms with Crippen LogP contribution in [0.2, 0.25) is 5.02 Å². The van der Waals surface area contributed by atoms with E-state index in [1.165, 1.54) is 12.1 Å². The minimum Gasteiger partial charge on any atom is -0.478 e. The molecule has 3 N–H and O–H groups in total. The van der Waals surface area contributed by atoms with Crippen LogP contribution in [-0.4, -0.2) is 30.7 Å². The quantitative estimate of drug-likeness (QED) is 0.529. The Balaban J connectivity index is 1.76. The maximum Gasteiger partial charge on any atom is 0.335 e. The summed E-state index contributed by atoms with van der Waals surface area (Å²) in [6.07, 6.45) is 0. The lowest BCUT2D eigenvalue weighted by Crippen LogP contribution is -1.97. The van der Waals surface area contributed by atoms with E-state index < -0.39 is 5.97 Å². The Labute approximate surface area is 140 Å². The Morgan fingerprint density at radius 3 is 2.92 bits per heavy atom. The number of imidazole rings is 1. The number of rotatable bonds is 3. The number of carboxylic acids is 1. The number of aromatic nitrogens is 4. The van der Waals surface area contributed by atoms with Crippen molar-refractivity contribution in [1.29, 1.82) is 0 Å². The number of fused-ring (bicyclic) bond motifs is 3. The molecule has 0 aliphatic heterocycles. The molecule has 2 aromatic heterocycles. The number of hydrogen-bond acceptors (Lipinski definition) is 4. The van der Waals surface area contributed by atoms with E-state index >= 15 is 0 Å². The third-order valence-electron chi connectivity index (χ3n) is 3.83. The zero-order valence-corrected chi connectivity index (χ0v) is 13.3. The van der Waals surface area contributed by atoms with Gasteiger partial charge in [-0.3, -0.25) is 5.10 Å². The Kier molecular flexibility index (Phi) is 3.17. The first-order valence-corrected chi connectivity index (χ1v) is 7.54. The standard InChI is InChI=1S/C16H12ClN5O2/c1-8-10(17)3-2-4-11(8)18-15-20-16-19-12-7-9(14(23)24)5-6-13(12)22(16)21-15/h2-7H,1H3,(H,23,24)(H2,18,19,20,21).